The highest BCUT2D eigenvalue weighted by molar-refractivity contribution is 5.72. The first-order chi connectivity index (χ1) is 29.0. The molecule has 1 unspecified atom stereocenters. The van der Waals surface area contributed by atoms with Crippen molar-refractivity contribution in [3.8, 4) is 0 Å². The predicted molar refractivity (Wildman–Crippen MR) is 252 cm³/mol. The number of ether oxygens (including phenoxy) is 3. The molecule has 59 heavy (non-hydrogen) atoms. The van der Waals surface area contributed by atoms with Gasteiger partial charge in [0.05, 0.1) is 6.42 Å². The van der Waals surface area contributed by atoms with Crippen LogP contribution in [0.1, 0.15) is 265 Å². The molecule has 6 heteroatoms. The minimum absolute atomic E-state index is 0.0945. The topological polar surface area (TPSA) is 78.9 Å². The monoisotopic (exact) mass is 829 g/mol. The number of carbonyl (C=O) groups is 3. The molecule has 0 bridgehead atoms. The third-order valence-electron chi connectivity index (χ3n) is 11.2. The molecule has 1 atom stereocenters. The number of allylic oxidation sites excluding steroid dienone is 5. The van der Waals surface area contributed by atoms with E-state index < -0.39 is 12.1 Å². The van der Waals surface area contributed by atoms with Crippen molar-refractivity contribution in [3.05, 3.63) is 36.5 Å². The molecule has 344 valence electrons. The van der Waals surface area contributed by atoms with Crippen molar-refractivity contribution in [2.75, 3.05) is 13.2 Å². The average Bonchev–Trinajstić information content (AvgIpc) is 3.23. The Morgan fingerprint density at radius 1 is 0.356 bits per heavy atom. The van der Waals surface area contributed by atoms with Gasteiger partial charge < -0.3 is 14.2 Å². The smallest absolute Gasteiger partial charge is 0.309 e. The second-order valence-corrected chi connectivity index (χ2v) is 17.1. The van der Waals surface area contributed by atoms with Gasteiger partial charge in [0.1, 0.15) is 13.2 Å². The highest BCUT2D eigenvalue weighted by Gasteiger charge is 2.19. The summed E-state index contributed by atoms with van der Waals surface area (Å²) in [6, 6.07) is 0. The van der Waals surface area contributed by atoms with E-state index in [9.17, 15) is 14.4 Å². The van der Waals surface area contributed by atoms with Crippen molar-refractivity contribution in [1.82, 2.24) is 0 Å². The quantitative estimate of drug-likeness (QED) is 0.0263. The maximum Gasteiger partial charge on any atom is 0.309 e. The summed E-state index contributed by atoms with van der Waals surface area (Å²) in [7, 11) is 0. The van der Waals surface area contributed by atoms with Crippen molar-refractivity contribution >= 4 is 17.9 Å². The number of hydrogen-bond donors (Lipinski definition) is 0. The minimum Gasteiger partial charge on any atom is -0.462 e. The Labute approximate surface area is 365 Å². The van der Waals surface area contributed by atoms with Crippen LogP contribution >= 0.6 is 0 Å². The third-order valence-corrected chi connectivity index (χ3v) is 11.2. The minimum atomic E-state index is -0.801. The van der Waals surface area contributed by atoms with Gasteiger partial charge in [-0.25, -0.2) is 0 Å². The predicted octanol–water partition coefficient (Wildman–Crippen LogP) is 16.5. The summed E-state index contributed by atoms with van der Waals surface area (Å²) in [6.45, 7) is 6.45. The van der Waals surface area contributed by atoms with Crippen LogP contribution in [0.5, 0.6) is 0 Å². The Morgan fingerprint density at radius 3 is 1.03 bits per heavy atom. The van der Waals surface area contributed by atoms with E-state index in [1.54, 1.807) is 6.08 Å². The molecular formula is C53H96O6. The zero-order valence-electron chi connectivity index (χ0n) is 39.3. The zero-order valence-corrected chi connectivity index (χ0v) is 39.3. The molecule has 0 heterocycles. The number of carbonyl (C=O) groups excluding carboxylic acids is 3. The molecule has 0 fully saturated rings. The maximum atomic E-state index is 12.7. The number of esters is 3. The molecule has 0 saturated heterocycles. The number of rotatable bonds is 46. The summed E-state index contributed by atoms with van der Waals surface area (Å²) in [5, 5.41) is 0. The molecule has 0 aromatic rings. The van der Waals surface area contributed by atoms with Crippen LogP contribution in [0.3, 0.4) is 0 Å². The molecule has 0 spiro atoms. The van der Waals surface area contributed by atoms with Gasteiger partial charge in [-0.2, -0.15) is 0 Å². The van der Waals surface area contributed by atoms with Gasteiger partial charge >= 0.3 is 17.9 Å². The lowest BCUT2D eigenvalue weighted by Gasteiger charge is -2.18. The molecule has 0 rings (SSSR count). The summed E-state index contributed by atoms with van der Waals surface area (Å²) in [5.41, 5.74) is 0. The van der Waals surface area contributed by atoms with Crippen LogP contribution in [0.25, 0.3) is 0 Å². The van der Waals surface area contributed by atoms with Crippen molar-refractivity contribution in [2.45, 2.75) is 271 Å². The van der Waals surface area contributed by atoms with Gasteiger partial charge in [-0.3, -0.25) is 14.4 Å². The molecular weight excluding hydrogens is 733 g/mol. The van der Waals surface area contributed by atoms with Gasteiger partial charge in [0.25, 0.3) is 0 Å². The lowest BCUT2D eigenvalue weighted by molar-refractivity contribution is -0.166. The SMILES string of the molecule is CC/C=C\C/C=C\C/C=C\CC(=O)OCC(COC(=O)CCCCCCCCCCCCCCCCCCCC)OC(=O)CCCCCCCCCCCCCCCC. The Balaban J connectivity index is 4.30. The van der Waals surface area contributed by atoms with E-state index in [1.165, 1.54) is 167 Å². The molecule has 0 aliphatic heterocycles. The highest BCUT2D eigenvalue weighted by Crippen LogP contribution is 2.16. The second-order valence-electron chi connectivity index (χ2n) is 17.1. The van der Waals surface area contributed by atoms with E-state index in [2.05, 4.69) is 45.1 Å². The Hall–Kier alpha value is -2.37. The zero-order chi connectivity index (χ0) is 43.0. The fourth-order valence-electron chi connectivity index (χ4n) is 7.39. The molecule has 0 aromatic heterocycles. The van der Waals surface area contributed by atoms with Gasteiger partial charge in [-0.05, 0) is 32.1 Å². The van der Waals surface area contributed by atoms with E-state index in [1.807, 2.05) is 6.08 Å². The van der Waals surface area contributed by atoms with E-state index in [0.717, 1.165) is 57.8 Å². The van der Waals surface area contributed by atoms with Gasteiger partial charge in [0, 0.05) is 12.8 Å². The van der Waals surface area contributed by atoms with Gasteiger partial charge in [0.15, 0.2) is 6.10 Å². The molecule has 0 aliphatic rings. The molecule has 0 radical (unpaired) electrons. The number of hydrogen-bond acceptors (Lipinski definition) is 6. The first-order valence-electron chi connectivity index (χ1n) is 25.5. The number of unbranched alkanes of at least 4 members (excludes halogenated alkanes) is 30. The first kappa shape index (κ1) is 56.6. The molecule has 6 nitrogen and oxygen atoms in total. The van der Waals surface area contributed by atoms with Crippen LogP contribution in [0.15, 0.2) is 36.5 Å². The van der Waals surface area contributed by atoms with Crippen LogP contribution < -0.4 is 0 Å². The van der Waals surface area contributed by atoms with Crippen LogP contribution in [0.4, 0.5) is 0 Å². The van der Waals surface area contributed by atoms with Gasteiger partial charge in [0.2, 0.25) is 0 Å². The van der Waals surface area contributed by atoms with Gasteiger partial charge in [-0.1, -0.05) is 250 Å². The lowest BCUT2D eigenvalue weighted by Crippen LogP contribution is -2.30. The van der Waals surface area contributed by atoms with Crippen molar-refractivity contribution < 1.29 is 28.6 Å². The fraction of sp³-hybridized carbons (Fsp3) is 0.830. The lowest BCUT2D eigenvalue weighted by atomic mass is 10.0. The fourth-order valence-corrected chi connectivity index (χ4v) is 7.39. The Kier molecular flexibility index (Phi) is 46.4. The van der Waals surface area contributed by atoms with E-state index in [-0.39, 0.29) is 31.6 Å². The van der Waals surface area contributed by atoms with E-state index >= 15 is 0 Å². The van der Waals surface area contributed by atoms with Crippen LogP contribution in [0, 0.1) is 0 Å². The van der Waals surface area contributed by atoms with Crippen LogP contribution in [-0.4, -0.2) is 37.2 Å². The third kappa shape index (κ3) is 46.5. The summed E-state index contributed by atoms with van der Waals surface area (Å²) < 4.78 is 16.7. The molecule has 0 N–H and O–H groups in total. The maximum absolute atomic E-state index is 12.7. The Bertz CT molecular complexity index is 1000. The summed E-state index contributed by atoms with van der Waals surface area (Å²) in [5.74, 6) is -1.01. The van der Waals surface area contributed by atoms with E-state index in [0.29, 0.717) is 12.8 Å². The molecule has 0 saturated carbocycles. The van der Waals surface area contributed by atoms with Crippen LogP contribution in [-0.2, 0) is 28.6 Å². The summed E-state index contributed by atoms with van der Waals surface area (Å²) in [6.07, 6.45) is 56.0. The van der Waals surface area contributed by atoms with Crippen molar-refractivity contribution in [3.63, 3.8) is 0 Å². The summed E-state index contributed by atoms with van der Waals surface area (Å²) in [4.78, 5) is 37.8. The highest BCUT2D eigenvalue weighted by atomic mass is 16.6. The standard InChI is InChI=1S/C53H96O6/c1-4-7-10-13-16-19-21-23-25-26-27-28-30-31-34-37-40-43-46-52(55)58-49-50(48-57-51(54)45-42-39-36-33-18-15-12-9-6-3)59-53(56)47-44-41-38-35-32-29-24-22-20-17-14-11-8-5-2/h9,12,18,33,39,42,50H,4-8,10-11,13-17,19-32,34-38,40-41,43-49H2,1-3H3/b12-9-,33-18-,42-39-. The second kappa shape index (κ2) is 48.3. The Morgan fingerprint density at radius 2 is 0.661 bits per heavy atom. The molecule has 0 amide bonds. The van der Waals surface area contributed by atoms with Gasteiger partial charge in [-0.15, -0.1) is 0 Å². The largest absolute Gasteiger partial charge is 0.462 e. The summed E-state index contributed by atoms with van der Waals surface area (Å²) >= 11 is 0. The van der Waals surface area contributed by atoms with Crippen molar-refractivity contribution in [2.24, 2.45) is 0 Å². The van der Waals surface area contributed by atoms with E-state index in [4.69, 9.17) is 14.2 Å². The van der Waals surface area contributed by atoms with Crippen molar-refractivity contribution in [1.29, 1.82) is 0 Å². The molecule has 0 aromatic carbocycles. The van der Waals surface area contributed by atoms with Crippen LogP contribution in [0.2, 0.25) is 0 Å². The molecule has 0 aliphatic carbocycles. The normalized spacial score (nSPS) is 12.3. The first-order valence-corrected chi connectivity index (χ1v) is 25.5. The average molecular weight is 829 g/mol.